The SMILES string of the molecule is Cc1cncc(CN2C(=O)C(=O)c3cc(Cl)ccc32)c1. The number of ketones is 1. The number of hydrogen-bond donors (Lipinski definition) is 0. The molecular weight excluding hydrogens is 276 g/mol. The maximum atomic E-state index is 12.1. The van der Waals surface area contributed by atoms with Crippen LogP contribution in [0.15, 0.2) is 36.7 Å². The summed E-state index contributed by atoms with van der Waals surface area (Å²) >= 11 is 5.87. The predicted molar refractivity (Wildman–Crippen MR) is 75.9 cm³/mol. The largest absolute Gasteiger partial charge is 0.300 e. The second kappa shape index (κ2) is 4.72. The van der Waals surface area contributed by atoms with Crippen molar-refractivity contribution in [3.63, 3.8) is 0 Å². The summed E-state index contributed by atoms with van der Waals surface area (Å²) in [6.07, 6.45) is 3.44. The lowest BCUT2D eigenvalue weighted by molar-refractivity contribution is -0.114. The second-order valence-corrected chi connectivity index (χ2v) is 5.19. The zero-order valence-electron chi connectivity index (χ0n) is 10.8. The van der Waals surface area contributed by atoms with Crippen molar-refractivity contribution in [2.45, 2.75) is 13.5 Å². The van der Waals surface area contributed by atoms with E-state index >= 15 is 0 Å². The van der Waals surface area contributed by atoms with Gasteiger partial charge in [-0.3, -0.25) is 14.6 Å². The van der Waals surface area contributed by atoms with Gasteiger partial charge in [0, 0.05) is 17.4 Å². The average molecular weight is 287 g/mol. The van der Waals surface area contributed by atoms with Crippen molar-refractivity contribution in [2.75, 3.05) is 4.90 Å². The standard InChI is InChI=1S/C15H11ClN2O2/c1-9-4-10(7-17-6-9)8-18-13-3-2-11(16)5-12(13)14(19)15(18)20/h2-7H,8H2,1H3. The fourth-order valence-electron chi connectivity index (χ4n) is 2.32. The molecule has 1 amide bonds. The van der Waals surface area contributed by atoms with Gasteiger partial charge in [0.2, 0.25) is 0 Å². The third-order valence-corrected chi connectivity index (χ3v) is 3.44. The molecule has 0 aliphatic carbocycles. The first-order valence-electron chi connectivity index (χ1n) is 6.12. The number of aryl methyl sites for hydroxylation is 1. The summed E-state index contributed by atoms with van der Waals surface area (Å²) in [7, 11) is 0. The predicted octanol–water partition coefficient (Wildman–Crippen LogP) is 2.77. The number of halogens is 1. The normalized spacial score (nSPS) is 13.8. The molecule has 20 heavy (non-hydrogen) atoms. The highest BCUT2D eigenvalue weighted by molar-refractivity contribution is 6.52. The van der Waals surface area contributed by atoms with Gasteiger partial charge < -0.3 is 4.90 Å². The van der Waals surface area contributed by atoms with Gasteiger partial charge in [-0.1, -0.05) is 17.7 Å². The number of rotatable bonds is 2. The molecule has 0 fully saturated rings. The Labute approximate surface area is 121 Å². The van der Waals surface area contributed by atoms with Crippen LogP contribution >= 0.6 is 11.6 Å². The van der Waals surface area contributed by atoms with E-state index in [4.69, 9.17) is 11.6 Å². The molecule has 1 aromatic heterocycles. The van der Waals surface area contributed by atoms with Crippen LogP contribution in [-0.4, -0.2) is 16.7 Å². The van der Waals surface area contributed by atoms with Crippen molar-refractivity contribution in [3.05, 3.63) is 58.4 Å². The van der Waals surface area contributed by atoms with Gasteiger partial charge >= 0.3 is 0 Å². The van der Waals surface area contributed by atoms with Crippen LogP contribution in [0.4, 0.5) is 5.69 Å². The first-order valence-corrected chi connectivity index (χ1v) is 6.50. The van der Waals surface area contributed by atoms with E-state index < -0.39 is 11.7 Å². The molecular formula is C15H11ClN2O2. The molecule has 4 nitrogen and oxygen atoms in total. The van der Waals surface area contributed by atoms with Crippen LogP contribution in [0.1, 0.15) is 21.5 Å². The number of nitrogens with zero attached hydrogens (tertiary/aromatic N) is 2. The van der Waals surface area contributed by atoms with E-state index in [1.165, 1.54) is 11.0 Å². The van der Waals surface area contributed by atoms with E-state index in [1.807, 2.05) is 13.0 Å². The highest BCUT2D eigenvalue weighted by atomic mass is 35.5. The Morgan fingerprint density at radius 2 is 2.00 bits per heavy atom. The van der Waals surface area contributed by atoms with Crippen LogP contribution in [-0.2, 0) is 11.3 Å². The minimum Gasteiger partial charge on any atom is -0.300 e. The van der Waals surface area contributed by atoms with Crippen molar-refractivity contribution in [2.24, 2.45) is 0 Å². The maximum Gasteiger partial charge on any atom is 0.299 e. The summed E-state index contributed by atoms with van der Waals surface area (Å²) in [4.78, 5) is 29.6. The number of Topliss-reactive ketones (excluding diaryl/α,β-unsaturated/α-hetero) is 1. The zero-order chi connectivity index (χ0) is 14.3. The Balaban J connectivity index is 1.99. The van der Waals surface area contributed by atoms with Gasteiger partial charge in [-0.2, -0.15) is 0 Å². The second-order valence-electron chi connectivity index (χ2n) is 4.75. The van der Waals surface area contributed by atoms with E-state index in [-0.39, 0.29) is 0 Å². The van der Waals surface area contributed by atoms with Crippen molar-refractivity contribution in [1.82, 2.24) is 4.98 Å². The quantitative estimate of drug-likeness (QED) is 0.798. The van der Waals surface area contributed by atoms with E-state index in [0.29, 0.717) is 22.8 Å². The summed E-state index contributed by atoms with van der Waals surface area (Å²) < 4.78 is 0. The molecule has 5 heteroatoms. The van der Waals surface area contributed by atoms with Gasteiger partial charge in [0.05, 0.1) is 17.8 Å². The lowest BCUT2D eigenvalue weighted by Gasteiger charge is -2.16. The molecule has 1 aliphatic heterocycles. The Morgan fingerprint density at radius 3 is 2.75 bits per heavy atom. The molecule has 0 unspecified atom stereocenters. The topological polar surface area (TPSA) is 50.3 Å². The smallest absolute Gasteiger partial charge is 0.299 e. The van der Waals surface area contributed by atoms with Gasteiger partial charge in [-0.05, 0) is 36.2 Å². The van der Waals surface area contributed by atoms with Gasteiger partial charge in [-0.25, -0.2) is 0 Å². The fourth-order valence-corrected chi connectivity index (χ4v) is 2.49. The van der Waals surface area contributed by atoms with Crippen LogP contribution in [0, 0.1) is 6.92 Å². The highest BCUT2D eigenvalue weighted by Crippen LogP contribution is 2.32. The lowest BCUT2D eigenvalue weighted by Crippen LogP contribution is -2.29. The number of fused-ring (bicyclic) bond motifs is 1. The van der Waals surface area contributed by atoms with Gasteiger partial charge in [0.15, 0.2) is 0 Å². The Kier molecular flexibility index (Phi) is 3.03. The van der Waals surface area contributed by atoms with Crippen molar-refractivity contribution in [1.29, 1.82) is 0 Å². The van der Waals surface area contributed by atoms with E-state index in [1.54, 1.807) is 24.5 Å². The van der Waals surface area contributed by atoms with Gasteiger partial charge in [0.1, 0.15) is 0 Å². The molecule has 1 aliphatic rings. The number of benzene rings is 1. The number of carbonyl (C=O) groups is 2. The number of pyridine rings is 1. The Bertz CT molecular complexity index is 728. The number of hydrogen-bond acceptors (Lipinski definition) is 3. The summed E-state index contributed by atoms with van der Waals surface area (Å²) in [5, 5.41) is 0.448. The number of aromatic nitrogens is 1. The van der Waals surface area contributed by atoms with Crippen LogP contribution in [0.5, 0.6) is 0 Å². The number of anilines is 1. The molecule has 0 radical (unpaired) electrons. The van der Waals surface area contributed by atoms with Crippen LogP contribution in [0.25, 0.3) is 0 Å². The minimum atomic E-state index is -0.524. The summed E-state index contributed by atoms with van der Waals surface area (Å²) in [5.74, 6) is -1.04. The first-order chi connectivity index (χ1) is 9.56. The molecule has 1 aromatic carbocycles. The fraction of sp³-hybridized carbons (Fsp3) is 0.133. The zero-order valence-corrected chi connectivity index (χ0v) is 11.5. The van der Waals surface area contributed by atoms with Crippen LogP contribution < -0.4 is 4.90 Å². The molecule has 0 atom stereocenters. The van der Waals surface area contributed by atoms with E-state index in [9.17, 15) is 9.59 Å². The third kappa shape index (κ3) is 2.08. The Morgan fingerprint density at radius 1 is 1.20 bits per heavy atom. The van der Waals surface area contributed by atoms with Gasteiger partial charge in [0.25, 0.3) is 11.7 Å². The van der Waals surface area contributed by atoms with Gasteiger partial charge in [-0.15, -0.1) is 0 Å². The van der Waals surface area contributed by atoms with Crippen molar-refractivity contribution in [3.8, 4) is 0 Å². The molecule has 2 aromatic rings. The Hall–Kier alpha value is -2.20. The van der Waals surface area contributed by atoms with Crippen molar-refractivity contribution < 1.29 is 9.59 Å². The molecule has 0 bridgehead atoms. The van der Waals surface area contributed by atoms with Crippen molar-refractivity contribution >= 4 is 29.0 Å². The molecule has 0 spiro atoms. The lowest BCUT2D eigenvalue weighted by atomic mass is 10.1. The number of amides is 1. The molecule has 0 saturated heterocycles. The van der Waals surface area contributed by atoms with Crippen LogP contribution in [0.2, 0.25) is 5.02 Å². The number of carbonyl (C=O) groups excluding carboxylic acids is 2. The molecule has 2 heterocycles. The minimum absolute atomic E-state index is 0.327. The van der Waals surface area contributed by atoms with Crippen LogP contribution in [0.3, 0.4) is 0 Å². The third-order valence-electron chi connectivity index (χ3n) is 3.21. The van der Waals surface area contributed by atoms with E-state index in [0.717, 1.165) is 11.1 Å². The highest BCUT2D eigenvalue weighted by Gasteiger charge is 2.35. The summed E-state index contributed by atoms with van der Waals surface area (Å²) in [6.45, 7) is 2.26. The summed E-state index contributed by atoms with van der Waals surface area (Å²) in [6, 6.07) is 6.85. The molecule has 100 valence electrons. The first kappa shape index (κ1) is 12.8. The monoisotopic (exact) mass is 286 g/mol. The summed E-state index contributed by atoms with van der Waals surface area (Å²) in [5.41, 5.74) is 2.86. The molecule has 0 saturated carbocycles. The maximum absolute atomic E-state index is 12.1. The average Bonchev–Trinajstić information content (AvgIpc) is 2.64. The molecule has 3 rings (SSSR count). The van der Waals surface area contributed by atoms with E-state index in [2.05, 4.69) is 4.98 Å². The molecule has 0 N–H and O–H groups in total.